The van der Waals surface area contributed by atoms with Gasteiger partial charge >= 0.3 is 0 Å². The second-order valence-electron chi connectivity index (χ2n) is 7.50. The molecule has 1 aliphatic carbocycles. The second-order valence-corrected chi connectivity index (χ2v) is 8.57. The number of aryl methyl sites for hydroxylation is 1. The molecule has 1 saturated carbocycles. The number of thioether (sulfide) groups is 1. The molecule has 0 spiro atoms. The van der Waals surface area contributed by atoms with E-state index < -0.39 is 5.25 Å². The smallest absolute Gasteiger partial charge is 0.243 e. The minimum Gasteiger partial charge on any atom is -0.467 e. The molecular formula is C22H21N5O3S. The minimum absolute atomic E-state index is 0.204. The standard InChI is InChI=1S/C22H21N5O3S/c1-14-12-18(26-30-14)23-21(28)19(15-6-3-2-4-7-15)31-22-25-24-20(16-9-10-16)27(22)13-17-8-5-11-29-17/h2-8,11-12,16,19H,9-10,13H2,1H3,(H,23,26,28)/t19-/m0/s1. The molecule has 0 aliphatic heterocycles. The number of rotatable bonds is 8. The van der Waals surface area contributed by atoms with E-state index in [2.05, 4.69) is 25.2 Å². The largest absolute Gasteiger partial charge is 0.467 e. The van der Waals surface area contributed by atoms with Crippen LogP contribution in [0.5, 0.6) is 0 Å². The van der Waals surface area contributed by atoms with Gasteiger partial charge in [0, 0.05) is 12.0 Å². The SMILES string of the molecule is Cc1cc(NC(=O)[C@@H](Sc2nnc(C3CC3)n2Cc2ccco2)c2ccccc2)no1. The van der Waals surface area contributed by atoms with Crippen LogP contribution in [0.15, 0.2) is 68.9 Å². The van der Waals surface area contributed by atoms with Crippen molar-refractivity contribution in [3.8, 4) is 0 Å². The molecular weight excluding hydrogens is 414 g/mol. The lowest BCUT2D eigenvalue weighted by Gasteiger charge is -2.16. The summed E-state index contributed by atoms with van der Waals surface area (Å²) in [5, 5.41) is 15.8. The number of amides is 1. The molecule has 1 fully saturated rings. The lowest BCUT2D eigenvalue weighted by Crippen LogP contribution is -2.20. The first kappa shape index (κ1) is 19.6. The molecule has 158 valence electrons. The Bertz CT molecular complexity index is 1170. The zero-order valence-electron chi connectivity index (χ0n) is 16.9. The lowest BCUT2D eigenvalue weighted by atomic mass is 10.1. The number of nitrogens with one attached hydrogen (secondary N) is 1. The van der Waals surface area contributed by atoms with E-state index in [1.54, 1.807) is 19.3 Å². The van der Waals surface area contributed by atoms with Gasteiger partial charge in [0.15, 0.2) is 11.0 Å². The van der Waals surface area contributed by atoms with Gasteiger partial charge < -0.3 is 14.3 Å². The lowest BCUT2D eigenvalue weighted by molar-refractivity contribution is -0.115. The molecule has 0 radical (unpaired) electrons. The topological polar surface area (TPSA) is 99.0 Å². The Labute approximate surface area is 183 Å². The zero-order valence-corrected chi connectivity index (χ0v) is 17.7. The van der Waals surface area contributed by atoms with Crippen molar-refractivity contribution < 1.29 is 13.7 Å². The summed E-state index contributed by atoms with van der Waals surface area (Å²) in [5.74, 6) is 3.00. The van der Waals surface area contributed by atoms with Crippen molar-refractivity contribution in [2.45, 2.75) is 42.6 Å². The molecule has 1 aromatic carbocycles. The Hall–Kier alpha value is -3.33. The number of carbonyl (C=O) groups excluding carboxylic acids is 1. The molecule has 3 aromatic heterocycles. The number of aromatic nitrogens is 4. The summed E-state index contributed by atoms with van der Waals surface area (Å²) in [4.78, 5) is 13.2. The molecule has 8 nitrogen and oxygen atoms in total. The molecule has 3 heterocycles. The van der Waals surface area contributed by atoms with E-state index in [9.17, 15) is 4.79 Å². The molecule has 4 aromatic rings. The average Bonchev–Trinajstić information content (AvgIpc) is 3.14. The molecule has 1 N–H and O–H groups in total. The maximum Gasteiger partial charge on any atom is 0.243 e. The van der Waals surface area contributed by atoms with Crippen molar-refractivity contribution in [2.75, 3.05) is 5.32 Å². The normalized spacial score (nSPS) is 14.5. The van der Waals surface area contributed by atoms with Crippen LogP contribution in [0.3, 0.4) is 0 Å². The third-order valence-corrected chi connectivity index (χ3v) is 6.26. The van der Waals surface area contributed by atoms with Gasteiger partial charge in [0.2, 0.25) is 5.91 Å². The highest BCUT2D eigenvalue weighted by atomic mass is 32.2. The van der Waals surface area contributed by atoms with Gasteiger partial charge in [-0.15, -0.1) is 10.2 Å². The van der Waals surface area contributed by atoms with Crippen molar-refractivity contribution in [3.05, 3.63) is 77.7 Å². The fraction of sp³-hybridized carbons (Fsp3) is 0.273. The summed E-state index contributed by atoms with van der Waals surface area (Å²) in [7, 11) is 0. The van der Waals surface area contributed by atoms with Crippen LogP contribution in [0.4, 0.5) is 5.82 Å². The quantitative estimate of drug-likeness (QED) is 0.405. The van der Waals surface area contributed by atoms with Crippen molar-refractivity contribution in [1.29, 1.82) is 0 Å². The highest BCUT2D eigenvalue weighted by Gasteiger charge is 2.32. The number of anilines is 1. The molecule has 0 saturated heterocycles. The number of benzene rings is 1. The van der Waals surface area contributed by atoms with Gasteiger partial charge in [-0.05, 0) is 37.5 Å². The highest BCUT2D eigenvalue weighted by Crippen LogP contribution is 2.42. The van der Waals surface area contributed by atoms with Gasteiger partial charge in [-0.1, -0.05) is 47.3 Å². The van der Waals surface area contributed by atoms with E-state index in [0.29, 0.717) is 29.2 Å². The third kappa shape index (κ3) is 4.41. The van der Waals surface area contributed by atoms with Gasteiger partial charge in [0.1, 0.15) is 22.6 Å². The Morgan fingerprint density at radius 3 is 2.74 bits per heavy atom. The molecule has 31 heavy (non-hydrogen) atoms. The highest BCUT2D eigenvalue weighted by molar-refractivity contribution is 8.00. The van der Waals surface area contributed by atoms with E-state index in [0.717, 1.165) is 30.0 Å². The van der Waals surface area contributed by atoms with E-state index >= 15 is 0 Å². The number of carbonyl (C=O) groups is 1. The Kier molecular flexibility index (Phi) is 5.33. The fourth-order valence-corrected chi connectivity index (χ4v) is 4.40. The monoisotopic (exact) mass is 435 g/mol. The molecule has 1 atom stereocenters. The summed E-state index contributed by atoms with van der Waals surface area (Å²) in [6.45, 7) is 2.31. The van der Waals surface area contributed by atoms with Crippen LogP contribution in [0.2, 0.25) is 0 Å². The first-order valence-electron chi connectivity index (χ1n) is 10.1. The Morgan fingerprint density at radius 1 is 1.23 bits per heavy atom. The average molecular weight is 436 g/mol. The van der Waals surface area contributed by atoms with Crippen LogP contribution >= 0.6 is 11.8 Å². The summed E-state index contributed by atoms with van der Waals surface area (Å²) < 4.78 is 12.7. The van der Waals surface area contributed by atoms with Crippen LogP contribution in [0.25, 0.3) is 0 Å². The molecule has 5 rings (SSSR count). The molecule has 9 heteroatoms. The zero-order chi connectivity index (χ0) is 21.2. The van der Waals surface area contributed by atoms with Gasteiger partial charge in [-0.3, -0.25) is 9.36 Å². The van der Waals surface area contributed by atoms with Gasteiger partial charge in [0.05, 0.1) is 12.8 Å². The number of furan rings is 1. The van der Waals surface area contributed by atoms with E-state index in [-0.39, 0.29) is 5.91 Å². The van der Waals surface area contributed by atoms with Crippen LogP contribution in [0, 0.1) is 6.92 Å². The molecule has 1 aliphatic rings. The van der Waals surface area contributed by atoms with Crippen molar-refractivity contribution in [3.63, 3.8) is 0 Å². The summed E-state index contributed by atoms with van der Waals surface area (Å²) in [6.07, 6.45) is 3.87. The summed E-state index contributed by atoms with van der Waals surface area (Å²) in [6, 6.07) is 15.1. The fourth-order valence-electron chi connectivity index (χ4n) is 3.36. The second kappa shape index (κ2) is 8.43. The maximum atomic E-state index is 13.2. The first-order valence-corrected chi connectivity index (χ1v) is 11.0. The van der Waals surface area contributed by atoms with Crippen molar-refractivity contribution in [2.24, 2.45) is 0 Å². The minimum atomic E-state index is -0.537. The Balaban J connectivity index is 1.46. The van der Waals surface area contributed by atoms with Crippen LogP contribution in [-0.4, -0.2) is 25.8 Å². The maximum absolute atomic E-state index is 13.2. The molecule has 1 amide bonds. The van der Waals surface area contributed by atoms with Crippen LogP contribution < -0.4 is 5.32 Å². The third-order valence-electron chi connectivity index (χ3n) is 5.02. The first-order chi connectivity index (χ1) is 15.2. The van der Waals surface area contributed by atoms with E-state index in [4.69, 9.17) is 8.94 Å². The molecule has 0 unspecified atom stereocenters. The van der Waals surface area contributed by atoms with Crippen molar-refractivity contribution in [1.82, 2.24) is 19.9 Å². The Morgan fingerprint density at radius 2 is 2.06 bits per heavy atom. The van der Waals surface area contributed by atoms with Crippen molar-refractivity contribution >= 4 is 23.5 Å². The number of hydrogen-bond acceptors (Lipinski definition) is 7. The summed E-state index contributed by atoms with van der Waals surface area (Å²) in [5.41, 5.74) is 0.866. The predicted octanol–water partition coefficient (Wildman–Crippen LogP) is 4.57. The van der Waals surface area contributed by atoms with E-state index in [1.165, 1.54) is 11.8 Å². The van der Waals surface area contributed by atoms with Crippen LogP contribution in [0.1, 0.15) is 46.9 Å². The molecule has 0 bridgehead atoms. The number of nitrogens with zero attached hydrogens (tertiary/aromatic N) is 4. The van der Waals surface area contributed by atoms with Gasteiger partial charge in [-0.2, -0.15) is 0 Å². The van der Waals surface area contributed by atoms with Crippen LogP contribution in [-0.2, 0) is 11.3 Å². The van der Waals surface area contributed by atoms with E-state index in [1.807, 2.05) is 42.5 Å². The van der Waals surface area contributed by atoms with Gasteiger partial charge in [-0.25, -0.2) is 0 Å². The van der Waals surface area contributed by atoms with Gasteiger partial charge in [0.25, 0.3) is 0 Å². The number of hydrogen-bond donors (Lipinski definition) is 1. The predicted molar refractivity (Wildman–Crippen MR) is 115 cm³/mol. The summed E-state index contributed by atoms with van der Waals surface area (Å²) >= 11 is 1.37.